The summed E-state index contributed by atoms with van der Waals surface area (Å²) >= 11 is 1.35. The summed E-state index contributed by atoms with van der Waals surface area (Å²) in [6, 6.07) is 1.73. The number of aliphatic hydroxyl groups excluding tert-OH is 1. The number of rotatable bonds is 3. The number of nitrogens with one attached hydrogen (secondary N) is 1. The summed E-state index contributed by atoms with van der Waals surface area (Å²) in [7, 11) is 0. The number of amides is 1. The number of hydrogen-bond acceptors (Lipinski definition) is 4. The molecule has 0 spiro atoms. The predicted octanol–water partition coefficient (Wildman–Crippen LogP) is 0.831. The first-order valence-electron chi connectivity index (χ1n) is 4.96. The quantitative estimate of drug-likeness (QED) is 0.714. The molecule has 4 N–H and O–H groups in total. The number of carbonyl (C=O) groups is 1. The van der Waals surface area contributed by atoms with E-state index >= 15 is 0 Å². The van der Waals surface area contributed by atoms with E-state index in [2.05, 4.69) is 5.32 Å². The van der Waals surface area contributed by atoms with Gasteiger partial charge in [-0.2, -0.15) is 0 Å². The lowest BCUT2D eigenvalue weighted by Gasteiger charge is -2.31. The van der Waals surface area contributed by atoms with Gasteiger partial charge < -0.3 is 16.2 Å². The van der Waals surface area contributed by atoms with Crippen LogP contribution in [0, 0.1) is 5.92 Å². The van der Waals surface area contributed by atoms with Crippen molar-refractivity contribution >= 4 is 22.9 Å². The van der Waals surface area contributed by atoms with Gasteiger partial charge >= 0.3 is 0 Å². The van der Waals surface area contributed by atoms with Gasteiger partial charge in [-0.1, -0.05) is 0 Å². The van der Waals surface area contributed by atoms with Crippen LogP contribution in [0.25, 0.3) is 0 Å². The van der Waals surface area contributed by atoms with Crippen molar-refractivity contribution in [2.24, 2.45) is 5.92 Å². The van der Waals surface area contributed by atoms with E-state index in [1.807, 2.05) is 0 Å². The van der Waals surface area contributed by atoms with E-state index in [-0.39, 0.29) is 12.0 Å². The zero-order valence-corrected chi connectivity index (χ0v) is 9.09. The van der Waals surface area contributed by atoms with Crippen LogP contribution in [0.5, 0.6) is 0 Å². The van der Waals surface area contributed by atoms with E-state index in [1.54, 1.807) is 11.4 Å². The van der Waals surface area contributed by atoms with Gasteiger partial charge in [0.15, 0.2) is 0 Å². The summed E-state index contributed by atoms with van der Waals surface area (Å²) in [6.07, 6.45) is 1.42. The number of nitrogens with two attached hydrogens (primary N) is 1. The number of nitrogen functional groups attached to an aromatic ring is 1. The molecule has 1 aromatic heterocycles. The minimum atomic E-state index is -0.168. The number of anilines is 1. The number of carbonyl (C=O) groups excluding carboxylic acids is 1. The molecule has 0 atom stereocenters. The average molecular weight is 226 g/mol. The molecule has 82 valence electrons. The number of thiophene rings is 1. The Morgan fingerprint density at radius 1 is 1.67 bits per heavy atom. The maximum atomic E-state index is 11.6. The van der Waals surface area contributed by atoms with E-state index in [0.717, 1.165) is 12.8 Å². The molecule has 0 saturated heterocycles. The van der Waals surface area contributed by atoms with E-state index in [4.69, 9.17) is 10.8 Å². The molecule has 2 rings (SSSR count). The van der Waals surface area contributed by atoms with Crippen LogP contribution in [0.15, 0.2) is 11.4 Å². The van der Waals surface area contributed by atoms with Crippen LogP contribution in [0.2, 0.25) is 0 Å². The molecular weight excluding hydrogens is 212 g/mol. The fraction of sp³-hybridized carbons (Fsp3) is 0.500. The zero-order valence-electron chi connectivity index (χ0n) is 8.27. The molecule has 0 unspecified atom stereocenters. The number of hydrogen-bond donors (Lipinski definition) is 3. The molecule has 0 radical (unpaired) electrons. The maximum absolute atomic E-state index is 11.6. The van der Waals surface area contributed by atoms with Crippen LogP contribution < -0.4 is 11.1 Å². The lowest BCUT2D eigenvalue weighted by molar-refractivity contribution is 0.0420. The third-order valence-electron chi connectivity index (χ3n) is 2.66. The summed E-state index contributed by atoms with van der Waals surface area (Å²) < 4.78 is 0. The SMILES string of the molecule is Nc1ccsc1C(=O)NCC1CC(O)C1. The van der Waals surface area contributed by atoms with Gasteiger partial charge in [-0.15, -0.1) is 11.3 Å². The fourth-order valence-electron chi connectivity index (χ4n) is 1.69. The van der Waals surface area contributed by atoms with Crippen molar-refractivity contribution in [1.29, 1.82) is 0 Å². The highest BCUT2D eigenvalue weighted by atomic mass is 32.1. The first-order chi connectivity index (χ1) is 7.16. The van der Waals surface area contributed by atoms with Gasteiger partial charge in [-0.25, -0.2) is 0 Å². The normalized spacial score (nSPS) is 24.6. The largest absolute Gasteiger partial charge is 0.397 e. The highest BCUT2D eigenvalue weighted by Crippen LogP contribution is 2.26. The maximum Gasteiger partial charge on any atom is 0.263 e. The monoisotopic (exact) mass is 226 g/mol. The van der Waals surface area contributed by atoms with Crippen LogP contribution in [0.4, 0.5) is 5.69 Å². The van der Waals surface area contributed by atoms with Crippen LogP contribution in [0.3, 0.4) is 0 Å². The second kappa shape index (κ2) is 4.20. The Morgan fingerprint density at radius 2 is 2.40 bits per heavy atom. The molecule has 1 fully saturated rings. The molecule has 1 saturated carbocycles. The first kappa shape index (κ1) is 10.4. The Hall–Kier alpha value is -1.07. The third-order valence-corrected chi connectivity index (χ3v) is 3.59. The molecule has 0 aromatic carbocycles. The van der Waals surface area contributed by atoms with Crippen LogP contribution in [-0.2, 0) is 0 Å². The standard InChI is InChI=1S/C10H14N2O2S/c11-8-1-2-15-9(8)10(14)12-5-6-3-7(13)4-6/h1-2,6-7,13H,3-5,11H2,(H,12,14). The first-order valence-corrected chi connectivity index (χ1v) is 5.84. The van der Waals surface area contributed by atoms with Gasteiger partial charge in [0, 0.05) is 6.54 Å². The molecule has 1 heterocycles. The molecule has 1 aromatic rings. The highest BCUT2D eigenvalue weighted by molar-refractivity contribution is 7.12. The Kier molecular flexibility index (Phi) is 2.93. The average Bonchev–Trinajstić information content (AvgIpc) is 2.57. The summed E-state index contributed by atoms with van der Waals surface area (Å²) in [5.41, 5.74) is 6.16. The predicted molar refractivity (Wildman–Crippen MR) is 59.8 cm³/mol. The second-order valence-electron chi connectivity index (χ2n) is 3.91. The van der Waals surface area contributed by atoms with E-state index in [1.165, 1.54) is 11.3 Å². The van der Waals surface area contributed by atoms with E-state index in [9.17, 15) is 4.79 Å². The Balaban J connectivity index is 1.80. The van der Waals surface area contributed by atoms with Gasteiger partial charge in [0.2, 0.25) is 0 Å². The summed E-state index contributed by atoms with van der Waals surface area (Å²) in [5, 5.41) is 13.7. The number of aliphatic hydroxyl groups is 1. The summed E-state index contributed by atoms with van der Waals surface area (Å²) in [5.74, 6) is 0.314. The Bertz CT molecular complexity index is 358. The second-order valence-corrected chi connectivity index (χ2v) is 4.82. The van der Waals surface area contributed by atoms with Crippen LogP contribution in [-0.4, -0.2) is 23.7 Å². The molecule has 1 amide bonds. The van der Waals surface area contributed by atoms with Crippen molar-refractivity contribution in [2.45, 2.75) is 18.9 Å². The molecular formula is C10H14N2O2S. The van der Waals surface area contributed by atoms with Gasteiger partial charge in [-0.05, 0) is 30.2 Å². The molecule has 5 heteroatoms. The molecule has 0 bridgehead atoms. The minimum Gasteiger partial charge on any atom is -0.397 e. The van der Waals surface area contributed by atoms with Gasteiger partial charge in [0.25, 0.3) is 5.91 Å². The van der Waals surface area contributed by atoms with Gasteiger partial charge in [-0.3, -0.25) is 4.79 Å². The van der Waals surface area contributed by atoms with E-state index < -0.39 is 0 Å². The van der Waals surface area contributed by atoms with Gasteiger partial charge in [0.1, 0.15) is 4.88 Å². The van der Waals surface area contributed by atoms with Crippen molar-refractivity contribution in [3.8, 4) is 0 Å². The third kappa shape index (κ3) is 2.30. The van der Waals surface area contributed by atoms with Crippen molar-refractivity contribution in [1.82, 2.24) is 5.32 Å². The molecule has 1 aliphatic rings. The van der Waals surface area contributed by atoms with Crippen molar-refractivity contribution < 1.29 is 9.90 Å². The van der Waals surface area contributed by atoms with Crippen molar-refractivity contribution in [2.75, 3.05) is 12.3 Å². The minimum absolute atomic E-state index is 0.108. The van der Waals surface area contributed by atoms with Crippen LogP contribution >= 0.6 is 11.3 Å². The highest BCUT2D eigenvalue weighted by Gasteiger charge is 2.27. The smallest absolute Gasteiger partial charge is 0.263 e. The van der Waals surface area contributed by atoms with E-state index in [0.29, 0.717) is 23.0 Å². The topological polar surface area (TPSA) is 75.4 Å². The summed E-state index contributed by atoms with van der Waals surface area (Å²) in [6.45, 7) is 0.632. The zero-order chi connectivity index (χ0) is 10.8. The Labute approximate surface area is 92.1 Å². The van der Waals surface area contributed by atoms with Crippen molar-refractivity contribution in [3.05, 3.63) is 16.3 Å². The van der Waals surface area contributed by atoms with Crippen LogP contribution in [0.1, 0.15) is 22.5 Å². The lowest BCUT2D eigenvalue weighted by atomic mass is 9.82. The molecule has 0 aliphatic heterocycles. The molecule has 1 aliphatic carbocycles. The summed E-state index contributed by atoms with van der Waals surface area (Å²) in [4.78, 5) is 12.2. The van der Waals surface area contributed by atoms with Crippen molar-refractivity contribution in [3.63, 3.8) is 0 Å². The van der Waals surface area contributed by atoms with Gasteiger partial charge in [0.05, 0.1) is 11.8 Å². The lowest BCUT2D eigenvalue weighted by Crippen LogP contribution is -2.38. The molecule has 4 nitrogen and oxygen atoms in total. The Morgan fingerprint density at radius 3 is 2.93 bits per heavy atom. The molecule has 15 heavy (non-hydrogen) atoms. The fourth-order valence-corrected chi connectivity index (χ4v) is 2.42.